The van der Waals surface area contributed by atoms with Crippen molar-refractivity contribution in [2.75, 3.05) is 27.4 Å². The third kappa shape index (κ3) is 5.21. The van der Waals surface area contributed by atoms with E-state index in [0.29, 0.717) is 12.5 Å². The van der Waals surface area contributed by atoms with Crippen LogP contribution in [0.5, 0.6) is 5.75 Å². The van der Waals surface area contributed by atoms with Gasteiger partial charge in [0.15, 0.2) is 0 Å². The molecule has 0 fully saturated rings. The fourth-order valence-corrected chi connectivity index (χ4v) is 2.25. The first-order chi connectivity index (χ1) is 9.22. The Labute approximate surface area is 117 Å². The molecule has 0 aliphatic heterocycles. The van der Waals surface area contributed by atoms with Crippen LogP contribution in [0.25, 0.3) is 0 Å². The van der Waals surface area contributed by atoms with Gasteiger partial charge < -0.3 is 14.8 Å². The smallest absolute Gasteiger partial charge is 0.123 e. The second-order valence-corrected chi connectivity index (χ2v) is 5.01. The highest BCUT2D eigenvalue weighted by atomic mass is 16.5. The van der Waals surface area contributed by atoms with E-state index in [9.17, 15) is 0 Å². The maximum atomic E-state index is 5.84. The van der Waals surface area contributed by atoms with E-state index in [2.05, 4.69) is 25.2 Å². The van der Waals surface area contributed by atoms with Gasteiger partial charge in [-0.05, 0) is 25.5 Å². The standard InChI is InChI=1S/C16H27NO2/c1-5-8-13(2)11-19-12-15(17-3)14-9-6-7-10-16(14)18-4/h6-7,9-10,13,15,17H,5,8,11-12H2,1-4H3. The molecule has 0 radical (unpaired) electrons. The minimum atomic E-state index is 0.171. The molecular formula is C16H27NO2. The monoisotopic (exact) mass is 265 g/mol. The number of benzene rings is 1. The van der Waals surface area contributed by atoms with Crippen molar-refractivity contribution in [3.63, 3.8) is 0 Å². The SMILES string of the molecule is CCCC(C)COCC(NC)c1ccccc1OC. The van der Waals surface area contributed by atoms with Crippen LogP contribution >= 0.6 is 0 Å². The first-order valence-electron chi connectivity index (χ1n) is 7.10. The van der Waals surface area contributed by atoms with Crippen LogP contribution in [0, 0.1) is 5.92 Å². The van der Waals surface area contributed by atoms with Crippen molar-refractivity contribution in [1.29, 1.82) is 0 Å². The first kappa shape index (κ1) is 16.0. The first-order valence-corrected chi connectivity index (χ1v) is 7.10. The fourth-order valence-electron chi connectivity index (χ4n) is 2.25. The third-order valence-electron chi connectivity index (χ3n) is 3.33. The highest BCUT2D eigenvalue weighted by molar-refractivity contribution is 5.35. The van der Waals surface area contributed by atoms with Gasteiger partial charge in [0.2, 0.25) is 0 Å². The van der Waals surface area contributed by atoms with E-state index in [1.54, 1.807) is 7.11 Å². The molecule has 2 unspecified atom stereocenters. The second kappa shape index (κ2) is 8.94. The van der Waals surface area contributed by atoms with E-state index in [1.165, 1.54) is 12.8 Å². The van der Waals surface area contributed by atoms with Crippen LogP contribution in [0.2, 0.25) is 0 Å². The Hall–Kier alpha value is -1.06. The number of likely N-dealkylation sites (N-methyl/N-ethyl adjacent to an activating group) is 1. The Kier molecular flexibility index (Phi) is 7.53. The maximum absolute atomic E-state index is 5.84. The van der Waals surface area contributed by atoms with E-state index < -0.39 is 0 Å². The molecule has 0 aliphatic rings. The fraction of sp³-hybridized carbons (Fsp3) is 0.625. The lowest BCUT2D eigenvalue weighted by Crippen LogP contribution is -2.23. The zero-order valence-electron chi connectivity index (χ0n) is 12.6. The van der Waals surface area contributed by atoms with Gasteiger partial charge in [0.1, 0.15) is 5.75 Å². The van der Waals surface area contributed by atoms with Gasteiger partial charge in [-0.25, -0.2) is 0 Å². The molecule has 0 aliphatic carbocycles. The van der Waals surface area contributed by atoms with Gasteiger partial charge in [0, 0.05) is 12.2 Å². The molecular weight excluding hydrogens is 238 g/mol. The van der Waals surface area contributed by atoms with Crippen LogP contribution < -0.4 is 10.1 Å². The van der Waals surface area contributed by atoms with Gasteiger partial charge in [0.25, 0.3) is 0 Å². The zero-order valence-corrected chi connectivity index (χ0v) is 12.6. The molecule has 2 atom stereocenters. The second-order valence-electron chi connectivity index (χ2n) is 5.01. The number of methoxy groups -OCH3 is 1. The number of rotatable bonds is 9. The van der Waals surface area contributed by atoms with Crippen LogP contribution in [-0.4, -0.2) is 27.4 Å². The molecule has 0 saturated carbocycles. The van der Waals surface area contributed by atoms with Crippen LogP contribution in [0.3, 0.4) is 0 Å². The molecule has 3 nitrogen and oxygen atoms in total. The summed E-state index contributed by atoms with van der Waals surface area (Å²) in [6, 6.07) is 8.25. The van der Waals surface area contributed by atoms with Crippen molar-refractivity contribution in [1.82, 2.24) is 5.32 Å². The molecule has 0 heterocycles. The van der Waals surface area contributed by atoms with Crippen molar-refractivity contribution in [2.24, 2.45) is 5.92 Å². The Morgan fingerprint density at radius 3 is 2.58 bits per heavy atom. The summed E-state index contributed by atoms with van der Waals surface area (Å²) in [5.74, 6) is 1.53. The van der Waals surface area contributed by atoms with Crippen molar-refractivity contribution < 1.29 is 9.47 Å². The van der Waals surface area contributed by atoms with E-state index >= 15 is 0 Å². The third-order valence-corrected chi connectivity index (χ3v) is 3.33. The molecule has 19 heavy (non-hydrogen) atoms. The summed E-state index contributed by atoms with van der Waals surface area (Å²) >= 11 is 0. The number of para-hydroxylation sites is 1. The average molecular weight is 265 g/mol. The zero-order chi connectivity index (χ0) is 14.1. The van der Waals surface area contributed by atoms with Gasteiger partial charge >= 0.3 is 0 Å². The van der Waals surface area contributed by atoms with Gasteiger partial charge in [-0.3, -0.25) is 0 Å². The largest absolute Gasteiger partial charge is 0.496 e. The van der Waals surface area contributed by atoms with Gasteiger partial charge in [-0.1, -0.05) is 38.5 Å². The van der Waals surface area contributed by atoms with Gasteiger partial charge in [0.05, 0.1) is 19.8 Å². The van der Waals surface area contributed by atoms with Crippen molar-refractivity contribution >= 4 is 0 Å². The van der Waals surface area contributed by atoms with Crippen LogP contribution in [0.4, 0.5) is 0 Å². The van der Waals surface area contributed by atoms with E-state index in [0.717, 1.165) is 17.9 Å². The molecule has 0 aromatic heterocycles. The topological polar surface area (TPSA) is 30.5 Å². The summed E-state index contributed by atoms with van der Waals surface area (Å²) in [4.78, 5) is 0. The average Bonchev–Trinajstić information content (AvgIpc) is 2.44. The Morgan fingerprint density at radius 1 is 1.21 bits per heavy atom. The number of ether oxygens (including phenoxy) is 2. The summed E-state index contributed by atoms with van der Waals surface area (Å²) in [6.45, 7) is 5.94. The summed E-state index contributed by atoms with van der Waals surface area (Å²) in [5.41, 5.74) is 1.15. The van der Waals surface area contributed by atoms with E-state index in [-0.39, 0.29) is 6.04 Å². The van der Waals surface area contributed by atoms with Crippen LogP contribution in [-0.2, 0) is 4.74 Å². The normalized spacial score (nSPS) is 14.1. The number of hydrogen-bond donors (Lipinski definition) is 1. The minimum Gasteiger partial charge on any atom is -0.496 e. The molecule has 0 spiro atoms. The highest BCUT2D eigenvalue weighted by Gasteiger charge is 2.14. The molecule has 1 N–H and O–H groups in total. The van der Waals surface area contributed by atoms with Crippen molar-refractivity contribution in [3.8, 4) is 5.75 Å². The predicted molar refractivity (Wildman–Crippen MR) is 79.7 cm³/mol. The lowest BCUT2D eigenvalue weighted by molar-refractivity contribution is 0.0843. The Morgan fingerprint density at radius 2 is 1.95 bits per heavy atom. The molecule has 1 aromatic carbocycles. The lowest BCUT2D eigenvalue weighted by Gasteiger charge is -2.20. The minimum absolute atomic E-state index is 0.171. The summed E-state index contributed by atoms with van der Waals surface area (Å²) in [6.07, 6.45) is 2.44. The van der Waals surface area contributed by atoms with E-state index in [4.69, 9.17) is 9.47 Å². The Balaban J connectivity index is 2.53. The number of hydrogen-bond acceptors (Lipinski definition) is 3. The molecule has 108 valence electrons. The number of nitrogens with one attached hydrogen (secondary N) is 1. The molecule has 1 rings (SSSR count). The predicted octanol–water partition coefficient (Wildman–Crippen LogP) is 3.41. The molecule has 0 saturated heterocycles. The Bertz CT molecular complexity index is 354. The summed E-state index contributed by atoms with van der Waals surface area (Å²) in [5, 5.41) is 3.29. The van der Waals surface area contributed by atoms with Crippen molar-refractivity contribution in [3.05, 3.63) is 29.8 Å². The summed E-state index contributed by atoms with van der Waals surface area (Å²) < 4.78 is 11.2. The van der Waals surface area contributed by atoms with Gasteiger partial charge in [-0.2, -0.15) is 0 Å². The van der Waals surface area contributed by atoms with Crippen LogP contribution in [0.15, 0.2) is 24.3 Å². The quantitative estimate of drug-likeness (QED) is 0.742. The van der Waals surface area contributed by atoms with Gasteiger partial charge in [-0.15, -0.1) is 0 Å². The highest BCUT2D eigenvalue weighted by Crippen LogP contribution is 2.24. The molecule has 1 aromatic rings. The van der Waals surface area contributed by atoms with Crippen LogP contribution in [0.1, 0.15) is 38.3 Å². The lowest BCUT2D eigenvalue weighted by atomic mass is 10.1. The summed E-state index contributed by atoms with van der Waals surface area (Å²) in [7, 11) is 3.66. The van der Waals surface area contributed by atoms with E-state index in [1.807, 2.05) is 25.2 Å². The molecule has 3 heteroatoms. The molecule has 0 amide bonds. The molecule has 0 bridgehead atoms. The van der Waals surface area contributed by atoms with Crippen molar-refractivity contribution in [2.45, 2.75) is 32.7 Å². The maximum Gasteiger partial charge on any atom is 0.123 e.